The molecule has 0 bridgehead atoms. The number of piperazine rings is 1. The summed E-state index contributed by atoms with van der Waals surface area (Å²) in [6.45, 7) is 0.254. The minimum Gasteiger partial charge on any atom is -0.396 e. The molecule has 0 radical (unpaired) electrons. The average Bonchev–Trinajstić information content (AvgIpc) is 2.35. The number of anilines is 1. The Morgan fingerprint density at radius 3 is 2.37 bits per heavy atom. The predicted molar refractivity (Wildman–Crippen MR) is 72.6 cm³/mol. The van der Waals surface area contributed by atoms with E-state index in [0.717, 1.165) is 4.31 Å². The second-order valence-electron chi connectivity index (χ2n) is 3.99. The zero-order valence-electron chi connectivity index (χ0n) is 9.69. The number of amides is 1. The van der Waals surface area contributed by atoms with Gasteiger partial charge < -0.3 is 11.1 Å². The van der Waals surface area contributed by atoms with Gasteiger partial charge in [-0.3, -0.25) is 4.79 Å². The molecule has 1 saturated heterocycles. The first-order chi connectivity index (χ1) is 8.82. The lowest BCUT2D eigenvalue weighted by atomic mass is 10.3. The van der Waals surface area contributed by atoms with Crippen LogP contribution in [0.2, 0.25) is 10.0 Å². The Kier molecular flexibility index (Phi) is 3.91. The summed E-state index contributed by atoms with van der Waals surface area (Å²) in [6.07, 6.45) is 0. The van der Waals surface area contributed by atoms with E-state index in [9.17, 15) is 13.2 Å². The summed E-state index contributed by atoms with van der Waals surface area (Å²) >= 11 is 11.6. The summed E-state index contributed by atoms with van der Waals surface area (Å²) in [5.41, 5.74) is 5.68. The zero-order valence-corrected chi connectivity index (χ0v) is 12.0. The van der Waals surface area contributed by atoms with Crippen molar-refractivity contribution in [3.05, 3.63) is 22.2 Å². The number of sulfonamides is 1. The van der Waals surface area contributed by atoms with Gasteiger partial charge in [0.2, 0.25) is 15.9 Å². The van der Waals surface area contributed by atoms with E-state index in [0.29, 0.717) is 0 Å². The maximum atomic E-state index is 12.3. The van der Waals surface area contributed by atoms with Gasteiger partial charge in [0, 0.05) is 13.1 Å². The Balaban J connectivity index is 2.42. The highest BCUT2D eigenvalue weighted by atomic mass is 35.5. The summed E-state index contributed by atoms with van der Waals surface area (Å²) in [5, 5.41) is 2.68. The quantitative estimate of drug-likeness (QED) is 0.783. The molecule has 0 unspecified atom stereocenters. The van der Waals surface area contributed by atoms with Gasteiger partial charge in [-0.2, -0.15) is 4.31 Å². The van der Waals surface area contributed by atoms with Crippen molar-refractivity contribution in [1.82, 2.24) is 9.62 Å². The number of benzene rings is 1. The number of halogens is 2. The average molecular weight is 324 g/mol. The van der Waals surface area contributed by atoms with Crippen LogP contribution in [0.15, 0.2) is 17.0 Å². The second-order valence-corrected chi connectivity index (χ2v) is 6.74. The molecule has 1 aliphatic rings. The molecule has 1 heterocycles. The van der Waals surface area contributed by atoms with Crippen LogP contribution in [0.5, 0.6) is 0 Å². The number of carbonyl (C=O) groups excluding carboxylic acids is 1. The van der Waals surface area contributed by atoms with E-state index in [-0.39, 0.29) is 46.2 Å². The molecule has 0 aromatic heterocycles. The number of nitrogens with zero attached hydrogens (tertiary/aromatic N) is 1. The van der Waals surface area contributed by atoms with Crippen LogP contribution in [0.1, 0.15) is 0 Å². The number of nitrogen functional groups attached to an aromatic ring is 1. The molecular weight excluding hydrogens is 313 g/mol. The van der Waals surface area contributed by atoms with Gasteiger partial charge in [-0.25, -0.2) is 8.42 Å². The Hall–Kier alpha value is -1.02. The second kappa shape index (κ2) is 5.16. The van der Waals surface area contributed by atoms with Crippen molar-refractivity contribution in [3.8, 4) is 0 Å². The van der Waals surface area contributed by atoms with E-state index in [2.05, 4.69) is 5.32 Å². The first-order valence-electron chi connectivity index (χ1n) is 5.34. The molecule has 1 aliphatic heterocycles. The molecule has 19 heavy (non-hydrogen) atoms. The van der Waals surface area contributed by atoms with E-state index in [1.54, 1.807) is 0 Å². The van der Waals surface area contributed by atoms with Gasteiger partial charge >= 0.3 is 0 Å². The van der Waals surface area contributed by atoms with Gasteiger partial charge in [-0.05, 0) is 12.1 Å². The summed E-state index contributed by atoms with van der Waals surface area (Å²) in [4.78, 5) is 11.2. The molecule has 0 saturated carbocycles. The van der Waals surface area contributed by atoms with Crippen molar-refractivity contribution in [1.29, 1.82) is 0 Å². The summed E-state index contributed by atoms with van der Waals surface area (Å²) in [5.74, 6) is -0.345. The van der Waals surface area contributed by atoms with Crippen molar-refractivity contribution < 1.29 is 13.2 Å². The van der Waals surface area contributed by atoms with Gasteiger partial charge in [-0.15, -0.1) is 0 Å². The summed E-state index contributed by atoms with van der Waals surface area (Å²) in [6, 6.07) is 2.45. The molecule has 2 rings (SSSR count). The molecule has 1 aromatic rings. The molecule has 0 atom stereocenters. The van der Waals surface area contributed by atoms with E-state index < -0.39 is 10.0 Å². The van der Waals surface area contributed by atoms with Crippen LogP contribution in [0.3, 0.4) is 0 Å². The van der Waals surface area contributed by atoms with Crippen molar-refractivity contribution >= 4 is 44.8 Å². The molecule has 3 N–H and O–H groups in total. The van der Waals surface area contributed by atoms with Gasteiger partial charge in [0.15, 0.2) is 0 Å². The molecular formula is C10H11Cl2N3O3S. The maximum Gasteiger partial charge on any atom is 0.243 e. The largest absolute Gasteiger partial charge is 0.396 e. The van der Waals surface area contributed by atoms with Gasteiger partial charge in [0.25, 0.3) is 0 Å². The maximum absolute atomic E-state index is 12.3. The number of hydrogen-bond acceptors (Lipinski definition) is 4. The fourth-order valence-electron chi connectivity index (χ4n) is 1.68. The number of nitrogens with one attached hydrogen (secondary N) is 1. The monoisotopic (exact) mass is 323 g/mol. The predicted octanol–water partition coefficient (Wildman–Crippen LogP) is 0.696. The normalized spacial score (nSPS) is 17.3. The van der Waals surface area contributed by atoms with E-state index >= 15 is 0 Å². The van der Waals surface area contributed by atoms with Crippen molar-refractivity contribution in [3.63, 3.8) is 0 Å². The molecule has 1 fully saturated rings. The van der Waals surface area contributed by atoms with Gasteiger partial charge in [0.1, 0.15) is 0 Å². The van der Waals surface area contributed by atoms with E-state index in [1.807, 2.05) is 0 Å². The smallest absolute Gasteiger partial charge is 0.243 e. The first-order valence-corrected chi connectivity index (χ1v) is 7.53. The van der Waals surface area contributed by atoms with E-state index in [1.165, 1.54) is 12.1 Å². The van der Waals surface area contributed by atoms with Crippen LogP contribution in [0.4, 0.5) is 5.69 Å². The Bertz CT molecular complexity index is 610. The van der Waals surface area contributed by atoms with Crippen LogP contribution in [0, 0.1) is 0 Å². The van der Waals surface area contributed by atoms with Crippen molar-refractivity contribution in [2.45, 2.75) is 4.90 Å². The molecule has 6 nitrogen and oxygen atoms in total. The molecule has 1 amide bonds. The number of hydrogen-bond donors (Lipinski definition) is 2. The third-order valence-electron chi connectivity index (χ3n) is 2.69. The Morgan fingerprint density at radius 2 is 1.84 bits per heavy atom. The fraction of sp³-hybridized carbons (Fsp3) is 0.300. The highest BCUT2D eigenvalue weighted by molar-refractivity contribution is 7.89. The van der Waals surface area contributed by atoms with Crippen LogP contribution >= 0.6 is 23.2 Å². The zero-order chi connectivity index (χ0) is 14.2. The van der Waals surface area contributed by atoms with Crippen LogP contribution in [0.25, 0.3) is 0 Å². The van der Waals surface area contributed by atoms with Gasteiger partial charge in [-0.1, -0.05) is 23.2 Å². The SMILES string of the molecule is Nc1c(Cl)cc(S(=O)(=O)N2CCNC(=O)C2)cc1Cl. The standard InChI is InChI=1S/C10H11Cl2N3O3S/c11-7-3-6(4-8(12)10(7)13)19(17,18)15-2-1-14-9(16)5-15/h3-4H,1-2,5,13H2,(H,14,16). The van der Waals surface area contributed by atoms with Crippen LogP contribution in [-0.4, -0.2) is 38.3 Å². The third-order valence-corrected chi connectivity index (χ3v) is 5.14. The van der Waals surface area contributed by atoms with E-state index in [4.69, 9.17) is 28.9 Å². The highest BCUT2D eigenvalue weighted by Crippen LogP contribution is 2.31. The van der Waals surface area contributed by atoms with Crippen molar-refractivity contribution in [2.75, 3.05) is 25.4 Å². The number of rotatable bonds is 2. The summed E-state index contributed by atoms with van der Waals surface area (Å²) in [7, 11) is -3.81. The topological polar surface area (TPSA) is 92.5 Å². The van der Waals surface area contributed by atoms with Crippen LogP contribution in [-0.2, 0) is 14.8 Å². The van der Waals surface area contributed by atoms with Crippen LogP contribution < -0.4 is 11.1 Å². The minimum absolute atomic E-state index is 0.0625. The lowest BCUT2D eigenvalue weighted by Crippen LogP contribution is -2.49. The third kappa shape index (κ3) is 2.79. The fourth-order valence-corrected chi connectivity index (χ4v) is 3.75. The lowest BCUT2D eigenvalue weighted by Gasteiger charge is -2.26. The minimum atomic E-state index is -3.81. The summed E-state index contributed by atoms with van der Waals surface area (Å²) < 4.78 is 25.7. The lowest BCUT2D eigenvalue weighted by molar-refractivity contribution is -0.122. The first kappa shape index (κ1) is 14.4. The number of nitrogens with two attached hydrogens (primary N) is 1. The number of carbonyl (C=O) groups is 1. The Morgan fingerprint density at radius 1 is 1.26 bits per heavy atom. The molecule has 1 aromatic carbocycles. The Labute approximate surface area is 120 Å². The van der Waals surface area contributed by atoms with Gasteiger partial charge in [0.05, 0.1) is 27.2 Å². The molecule has 0 spiro atoms. The molecule has 104 valence electrons. The van der Waals surface area contributed by atoms with Crippen molar-refractivity contribution in [2.24, 2.45) is 0 Å². The molecule has 9 heteroatoms. The highest BCUT2D eigenvalue weighted by Gasteiger charge is 2.30. The molecule has 0 aliphatic carbocycles.